The van der Waals surface area contributed by atoms with Crippen LogP contribution in [0.15, 0.2) is 0 Å². The summed E-state index contributed by atoms with van der Waals surface area (Å²) in [4.78, 5) is 28.9. The number of carbonyl (C=O) groups is 2. The van der Waals surface area contributed by atoms with Gasteiger partial charge in [-0.05, 0) is 57.8 Å². The Balaban J connectivity index is 1.52. The van der Waals surface area contributed by atoms with Crippen molar-refractivity contribution in [3.63, 3.8) is 0 Å². The molecule has 5 heteroatoms. The molecule has 3 rings (SSSR count). The molecule has 5 nitrogen and oxygen atoms in total. The minimum Gasteiger partial charge on any atom is -0.341 e. The smallest absolute Gasteiger partial charge is 0.318 e. The third-order valence-corrected chi connectivity index (χ3v) is 5.63. The number of carbonyl (C=O) groups excluding carboxylic acids is 2. The van der Waals surface area contributed by atoms with Gasteiger partial charge < -0.3 is 15.1 Å². The monoisotopic (exact) mass is 307 g/mol. The fourth-order valence-corrected chi connectivity index (χ4v) is 4.08. The van der Waals surface area contributed by atoms with Crippen molar-refractivity contribution >= 4 is 11.9 Å². The van der Waals surface area contributed by atoms with E-state index >= 15 is 0 Å². The van der Waals surface area contributed by atoms with Crippen LogP contribution in [0.2, 0.25) is 0 Å². The van der Waals surface area contributed by atoms with Crippen LogP contribution in [0.3, 0.4) is 0 Å². The van der Waals surface area contributed by atoms with Crippen molar-refractivity contribution in [3.8, 4) is 0 Å². The molecule has 1 saturated carbocycles. The van der Waals surface area contributed by atoms with Gasteiger partial charge in [0.1, 0.15) is 6.04 Å². The number of hydrogen-bond acceptors (Lipinski definition) is 2. The van der Waals surface area contributed by atoms with Gasteiger partial charge in [0.2, 0.25) is 5.91 Å². The summed E-state index contributed by atoms with van der Waals surface area (Å²) in [6, 6.07) is -0.0356. The second-order valence-electron chi connectivity index (χ2n) is 7.15. The molecule has 1 aliphatic carbocycles. The lowest BCUT2D eigenvalue weighted by atomic mass is 9.79. The van der Waals surface area contributed by atoms with Gasteiger partial charge in [-0.3, -0.25) is 4.79 Å². The van der Waals surface area contributed by atoms with Crippen LogP contribution in [-0.4, -0.2) is 53.5 Å². The topological polar surface area (TPSA) is 52.7 Å². The fraction of sp³-hybridized carbons (Fsp3) is 0.882. The summed E-state index contributed by atoms with van der Waals surface area (Å²) in [7, 11) is 0. The van der Waals surface area contributed by atoms with Crippen LogP contribution in [0, 0.1) is 5.92 Å². The highest BCUT2D eigenvalue weighted by Gasteiger charge is 2.38. The number of piperidine rings is 1. The van der Waals surface area contributed by atoms with Crippen LogP contribution in [0.25, 0.3) is 0 Å². The van der Waals surface area contributed by atoms with Crippen molar-refractivity contribution in [2.75, 3.05) is 19.6 Å². The molecule has 0 aromatic rings. The van der Waals surface area contributed by atoms with E-state index in [0.717, 1.165) is 45.3 Å². The van der Waals surface area contributed by atoms with Crippen molar-refractivity contribution < 1.29 is 9.59 Å². The maximum absolute atomic E-state index is 12.5. The lowest BCUT2D eigenvalue weighted by Gasteiger charge is -2.37. The molecule has 2 saturated heterocycles. The Labute approximate surface area is 133 Å². The van der Waals surface area contributed by atoms with E-state index in [4.69, 9.17) is 0 Å². The Bertz CT molecular complexity index is 416. The van der Waals surface area contributed by atoms with Gasteiger partial charge in [0.15, 0.2) is 0 Å². The molecule has 1 N–H and O–H groups in total. The minimum absolute atomic E-state index is 0.0349. The van der Waals surface area contributed by atoms with E-state index in [-0.39, 0.29) is 11.9 Å². The minimum atomic E-state index is -0.409. The van der Waals surface area contributed by atoms with E-state index in [1.54, 1.807) is 0 Å². The standard InChI is InChI=1S/C17H29N3O2/c1-13(16(21)19-10-3-2-4-11-19)18-17(22)20-12-6-9-15(20)14-7-5-8-14/h13-15H,2-12H2,1H3,(H,18,22)/t13-,15-/m0/s1. The van der Waals surface area contributed by atoms with Crippen LogP contribution in [0.1, 0.15) is 58.3 Å². The summed E-state index contributed by atoms with van der Waals surface area (Å²) in [5, 5.41) is 2.95. The van der Waals surface area contributed by atoms with Gasteiger partial charge >= 0.3 is 6.03 Å². The maximum atomic E-state index is 12.5. The average Bonchev–Trinajstić information content (AvgIpc) is 2.94. The lowest BCUT2D eigenvalue weighted by Crippen LogP contribution is -2.54. The SMILES string of the molecule is C[C@H](NC(=O)N1CCC[C@H]1C1CCC1)C(=O)N1CCCCC1. The first kappa shape index (κ1) is 15.6. The van der Waals surface area contributed by atoms with Crippen LogP contribution < -0.4 is 5.32 Å². The summed E-state index contributed by atoms with van der Waals surface area (Å²) >= 11 is 0. The Hall–Kier alpha value is -1.26. The average molecular weight is 307 g/mol. The van der Waals surface area contributed by atoms with Gasteiger partial charge in [-0.1, -0.05) is 6.42 Å². The zero-order valence-electron chi connectivity index (χ0n) is 13.7. The maximum Gasteiger partial charge on any atom is 0.318 e. The van der Waals surface area contributed by atoms with Gasteiger partial charge in [-0.25, -0.2) is 4.79 Å². The second kappa shape index (κ2) is 6.88. The molecule has 0 unspecified atom stereocenters. The number of rotatable bonds is 3. The molecule has 0 spiro atoms. The highest BCUT2D eigenvalue weighted by molar-refractivity contribution is 5.87. The molecule has 124 valence electrons. The molecule has 2 aliphatic heterocycles. The summed E-state index contributed by atoms with van der Waals surface area (Å²) in [6.45, 7) is 4.35. The molecule has 2 atom stereocenters. The van der Waals surface area contributed by atoms with Gasteiger partial charge in [0, 0.05) is 25.7 Å². The van der Waals surface area contributed by atoms with Gasteiger partial charge in [-0.15, -0.1) is 0 Å². The van der Waals surface area contributed by atoms with Crippen molar-refractivity contribution in [2.24, 2.45) is 5.92 Å². The fourth-order valence-electron chi connectivity index (χ4n) is 4.08. The zero-order chi connectivity index (χ0) is 15.5. The molecule has 0 radical (unpaired) electrons. The van der Waals surface area contributed by atoms with Gasteiger partial charge in [0.25, 0.3) is 0 Å². The number of nitrogens with zero attached hydrogens (tertiary/aromatic N) is 2. The number of likely N-dealkylation sites (tertiary alicyclic amines) is 2. The number of nitrogens with one attached hydrogen (secondary N) is 1. The Morgan fingerprint density at radius 3 is 2.32 bits per heavy atom. The zero-order valence-corrected chi connectivity index (χ0v) is 13.7. The number of hydrogen-bond donors (Lipinski definition) is 1. The van der Waals surface area contributed by atoms with Crippen LogP contribution in [0.4, 0.5) is 4.79 Å². The molecule has 3 aliphatic rings. The van der Waals surface area contributed by atoms with E-state index in [1.807, 2.05) is 16.7 Å². The summed E-state index contributed by atoms with van der Waals surface area (Å²) < 4.78 is 0. The van der Waals surface area contributed by atoms with Crippen molar-refractivity contribution in [1.29, 1.82) is 0 Å². The van der Waals surface area contributed by atoms with Crippen LogP contribution in [-0.2, 0) is 4.79 Å². The predicted molar refractivity (Wildman–Crippen MR) is 85.5 cm³/mol. The van der Waals surface area contributed by atoms with Crippen molar-refractivity contribution in [1.82, 2.24) is 15.1 Å². The quantitative estimate of drug-likeness (QED) is 0.870. The first-order valence-electron chi connectivity index (χ1n) is 9.03. The highest BCUT2D eigenvalue weighted by Crippen LogP contribution is 2.37. The van der Waals surface area contributed by atoms with Crippen LogP contribution >= 0.6 is 0 Å². The first-order chi connectivity index (χ1) is 10.7. The molecule has 0 bridgehead atoms. The number of amides is 3. The lowest BCUT2D eigenvalue weighted by molar-refractivity contribution is -0.133. The molecule has 0 aromatic heterocycles. The molecule has 2 heterocycles. The molecule has 22 heavy (non-hydrogen) atoms. The van der Waals surface area contributed by atoms with E-state index in [9.17, 15) is 9.59 Å². The highest BCUT2D eigenvalue weighted by atomic mass is 16.2. The Morgan fingerprint density at radius 2 is 1.68 bits per heavy atom. The summed E-state index contributed by atoms with van der Waals surface area (Å²) in [5.41, 5.74) is 0. The third-order valence-electron chi connectivity index (χ3n) is 5.63. The van der Waals surface area contributed by atoms with Gasteiger partial charge in [0.05, 0.1) is 0 Å². The molecular weight excluding hydrogens is 278 g/mol. The third kappa shape index (κ3) is 3.23. The second-order valence-corrected chi connectivity index (χ2v) is 7.15. The summed E-state index contributed by atoms with van der Waals surface area (Å²) in [6.07, 6.45) is 9.44. The van der Waals surface area contributed by atoms with E-state index in [2.05, 4.69) is 5.32 Å². The van der Waals surface area contributed by atoms with Crippen molar-refractivity contribution in [3.05, 3.63) is 0 Å². The largest absolute Gasteiger partial charge is 0.341 e. The van der Waals surface area contributed by atoms with Crippen molar-refractivity contribution in [2.45, 2.75) is 70.4 Å². The summed E-state index contributed by atoms with van der Waals surface area (Å²) in [5.74, 6) is 0.772. The normalized spacial score (nSPS) is 27.4. The first-order valence-corrected chi connectivity index (χ1v) is 9.03. The Morgan fingerprint density at radius 1 is 0.955 bits per heavy atom. The molecule has 3 amide bonds. The van der Waals surface area contributed by atoms with Gasteiger partial charge in [-0.2, -0.15) is 0 Å². The molecular formula is C17H29N3O2. The van der Waals surface area contributed by atoms with Crippen LogP contribution in [0.5, 0.6) is 0 Å². The molecule has 3 fully saturated rings. The van der Waals surface area contributed by atoms with E-state index in [1.165, 1.54) is 25.7 Å². The molecule has 0 aromatic carbocycles. The van der Waals surface area contributed by atoms with E-state index < -0.39 is 6.04 Å². The Kier molecular flexibility index (Phi) is 4.89. The van der Waals surface area contributed by atoms with E-state index in [0.29, 0.717) is 12.0 Å². The number of urea groups is 1. The predicted octanol–water partition coefficient (Wildman–Crippen LogP) is 2.36.